The monoisotopic (exact) mass is 577 g/mol. The Labute approximate surface area is 239 Å². The summed E-state index contributed by atoms with van der Waals surface area (Å²) in [5, 5.41) is 8.57. The number of benzene rings is 3. The number of anilines is 1. The molecule has 5 rings (SSSR count). The van der Waals surface area contributed by atoms with Gasteiger partial charge in [-0.1, -0.05) is 43.0 Å². The maximum Gasteiger partial charge on any atom is 0.267 e. The van der Waals surface area contributed by atoms with Gasteiger partial charge < -0.3 is 10.6 Å². The van der Waals surface area contributed by atoms with E-state index >= 15 is 0 Å². The molecule has 0 fully saturated rings. The van der Waals surface area contributed by atoms with E-state index in [1.165, 1.54) is 29.2 Å². The number of amides is 2. The third kappa shape index (κ3) is 6.58. The number of rotatable bonds is 9. The number of carbonyl (C=O) groups excluding carboxylic acids is 2. The molecule has 3 N–H and O–H groups in total. The second-order valence-electron chi connectivity index (χ2n) is 10.00. The summed E-state index contributed by atoms with van der Waals surface area (Å²) in [7, 11) is 0. The first kappa shape index (κ1) is 28.7. The predicted molar refractivity (Wildman–Crippen MR) is 149 cm³/mol. The lowest BCUT2D eigenvalue weighted by molar-refractivity contribution is -0.118. The van der Waals surface area contributed by atoms with Crippen molar-refractivity contribution < 1.29 is 27.2 Å². The van der Waals surface area contributed by atoms with Crippen LogP contribution in [-0.2, 0) is 29.0 Å². The Balaban J connectivity index is 1.25. The van der Waals surface area contributed by atoms with Gasteiger partial charge in [0.15, 0.2) is 5.82 Å². The normalized spacial score (nSPS) is 15.0. The van der Waals surface area contributed by atoms with E-state index in [0.717, 1.165) is 18.2 Å². The Morgan fingerprint density at radius 1 is 1.00 bits per heavy atom. The topological polar surface area (TPSA) is 88.1 Å². The number of aryl methyl sites for hydroxylation is 1. The van der Waals surface area contributed by atoms with E-state index in [4.69, 9.17) is 0 Å². The van der Waals surface area contributed by atoms with Crippen molar-refractivity contribution in [1.82, 2.24) is 20.2 Å². The van der Waals surface area contributed by atoms with Crippen molar-refractivity contribution in [3.63, 3.8) is 0 Å². The molecule has 0 saturated carbocycles. The Morgan fingerprint density at radius 3 is 2.52 bits per heavy atom. The molecule has 1 unspecified atom stereocenters. The molecular formula is C31H27F4N5O2. The lowest BCUT2D eigenvalue weighted by Gasteiger charge is -2.30. The molecule has 1 aliphatic rings. The van der Waals surface area contributed by atoms with Crippen molar-refractivity contribution in [1.29, 1.82) is 0 Å². The van der Waals surface area contributed by atoms with E-state index in [1.54, 1.807) is 24.3 Å². The largest absolute Gasteiger partial charge is 0.347 e. The van der Waals surface area contributed by atoms with Crippen LogP contribution in [0.2, 0.25) is 0 Å². The highest BCUT2D eigenvalue weighted by atomic mass is 19.1. The fourth-order valence-electron chi connectivity index (χ4n) is 4.93. The van der Waals surface area contributed by atoms with Gasteiger partial charge in [0.05, 0.1) is 6.20 Å². The number of hydrogen-bond donors (Lipinski definition) is 3. The summed E-state index contributed by atoms with van der Waals surface area (Å²) in [6, 6.07) is 13.2. The van der Waals surface area contributed by atoms with Gasteiger partial charge in [0.1, 0.15) is 41.3 Å². The molecule has 2 amide bonds. The number of nitrogens with one attached hydrogen (secondary N) is 3. The summed E-state index contributed by atoms with van der Waals surface area (Å²) in [6.07, 6.45) is 4.04. The molecule has 4 aromatic rings. The van der Waals surface area contributed by atoms with Crippen LogP contribution in [0.5, 0.6) is 0 Å². The van der Waals surface area contributed by atoms with Crippen LogP contribution in [0, 0.1) is 23.3 Å². The van der Waals surface area contributed by atoms with Crippen LogP contribution >= 0.6 is 0 Å². The van der Waals surface area contributed by atoms with Gasteiger partial charge in [-0.3, -0.25) is 19.5 Å². The summed E-state index contributed by atoms with van der Waals surface area (Å²) in [6.45, 7) is 3.55. The average Bonchev–Trinajstić information content (AvgIpc) is 3.43. The predicted octanol–water partition coefficient (Wildman–Crippen LogP) is 5.05. The van der Waals surface area contributed by atoms with E-state index in [-0.39, 0.29) is 29.7 Å². The van der Waals surface area contributed by atoms with Gasteiger partial charge in [-0.05, 0) is 48.1 Å². The van der Waals surface area contributed by atoms with Crippen LogP contribution < -0.4 is 16.0 Å². The smallest absolute Gasteiger partial charge is 0.267 e. The number of nitrogens with zero attached hydrogens (tertiary/aromatic N) is 2. The number of halogens is 4. The Morgan fingerprint density at radius 2 is 1.76 bits per heavy atom. The van der Waals surface area contributed by atoms with Crippen LogP contribution in [0.4, 0.5) is 23.4 Å². The standard InChI is InChI=1S/C31H27F4N5O2/c1-18(30(41)36-15-21-7-9-22(32)12-26(21)34)40-16-28(37-17-40)39-31(42)29(19-5-3-2-4-6-19)38-24-10-8-20-11-23(33)13-27(35)25(20)14-24/h2-7,9,11-13,16-17,24,29,38H,1,8,10,14-15H2,(H,36,41)(H,39,42)/t24?,29-/m0/s1. The first-order valence-corrected chi connectivity index (χ1v) is 13.2. The van der Waals surface area contributed by atoms with Crippen LogP contribution in [0.15, 0.2) is 79.8 Å². The van der Waals surface area contributed by atoms with Crippen LogP contribution in [0.25, 0.3) is 5.70 Å². The van der Waals surface area contributed by atoms with Crippen molar-refractivity contribution in [3.8, 4) is 0 Å². The third-order valence-electron chi connectivity index (χ3n) is 7.12. The minimum atomic E-state index is -0.816. The SMILES string of the molecule is C=C(C(=O)NCc1ccc(F)cc1F)n1cnc(NC(=O)[C@@H](NC2CCc3cc(F)cc(F)c3C2)c2ccccc2)c1. The molecular weight excluding hydrogens is 550 g/mol. The van der Waals surface area contributed by atoms with Gasteiger partial charge in [0.25, 0.3) is 5.91 Å². The highest BCUT2D eigenvalue weighted by molar-refractivity contribution is 6.12. The zero-order valence-corrected chi connectivity index (χ0v) is 22.3. The van der Waals surface area contributed by atoms with Crippen LogP contribution in [0.3, 0.4) is 0 Å². The fraction of sp³-hybridized carbons (Fsp3) is 0.194. The molecule has 0 spiro atoms. The lowest BCUT2D eigenvalue weighted by atomic mass is 9.87. The van der Waals surface area contributed by atoms with Crippen molar-refractivity contribution >= 4 is 23.3 Å². The maximum absolute atomic E-state index is 14.5. The molecule has 3 aromatic carbocycles. The molecule has 1 heterocycles. The molecule has 0 saturated heterocycles. The second-order valence-corrected chi connectivity index (χ2v) is 10.00. The quantitative estimate of drug-likeness (QED) is 0.192. The summed E-state index contributed by atoms with van der Waals surface area (Å²) in [5.41, 5.74) is 1.81. The lowest BCUT2D eigenvalue weighted by Crippen LogP contribution is -2.42. The van der Waals surface area contributed by atoms with E-state index < -0.39 is 41.1 Å². The van der Waals surface area contributed by atoms with Gasteiger partial charge in [0.2, 0.25) is 5.91 Å². The minimum absolute atomic E-state index is 0.0393. The maximum atomic E-state index is 14.5. The average molecular weight is 578 g/mol. The van der Waals surface area contributed by atoms with Gasteiger partial charge in [-0.2, -0.15) is 0 Å². The fourth-order valence-corrected chi connectivity index (χ4v) is 4.93. The van der Waals surface area contributed by atoms with Crippen molar-refractivity contribution in [2.45, 2.75) is 37.9 Å². The molecule has 0 bridgehead atoms. The first-order valence-electron chi connectivity index (χ1n) is 13.2. The first-order chi connectivity index (χ1) is 20.2. The molecule has 2 atom stereocenters. The molecule has 216 valence electrons. The van der Waals surface area contributed by atoms with Crippen molar-refractivity contribution in [2.24, 2.45) is 0 Å². The Hall–Kier alpha value is -4.77. The number of aromatic nitrogens is 2. The van der Waals surface area contributed by atoms with Crippen LogP contribution in [-0.4, -0.2) is 27.4 Å². The zero-order chi connectivity index (χ0) is 29.8. The molecule has 42 heavy (non-hydrogen) atoms. The van der Waals surface area contributed by atoms with E-state index in [1.807, 2.05) is 6.07 Å². The molecule has 11 heteroatoms. The molecule has 1 aromatic heterocycles. The van der Waals surface area contributed by atoms with Crippen molar-refractivity contribution in [2.75, 3.05) is 5.32 Å². The third-order valence-corrected chi connectivity index (χ3v) is 7.12. The number of carbonyl (C=O) groups is 2. The van der Waals surface area contributed by atoms with Gasteiger partial charge in [-0.25, -0.2) is 22.5 Å². The number of fused-ring (bicyclic) bond motifs is 1. The zero-order valence-electron chi connectivity index (χ0n) is 22.3. The van der Waals surface area contributed by atoms with Gasteiger partial charge in [-0.15, -0.1) is 0 Å². The highest BCUT2D eigenvalue weighted by Gasteiger charge is 2.28. The summed E-state index contributed by atoms with van der Waals surface area (Å²) < 4.78 is 56.4. The summed E-state index contributed by atoms with van der Waals surface area (Å²) >= 11 is 0. The molecule has 0 radical (unpaired) electrons. The molecule has 0 aliphatic heterocycles. The number of hydrogen-bond acceptors (Lipinski definition) is 4. The Kier molecular flexibility index (Phi) is 8.48. The number of imidazole rings is 1. The van der Waals surface area contributed by atoms with Gasteiger partial charge in [0, 0.05) is 30.3 Å². The van der Waals surface area contributed by atoms with Crippen molar-refractivity contribution in [3.05, 3.63) is 125 Å². The highest BCUT2D eigenvalue weighted by Crippen LogP contribution is 2.27. The Bertz CT molecular complexity index is 1640. The van der Waals surface area contributed by atoms with E-state index in [0.29, 0.717) is 36.0 Å². The van der Waals surface area contributed by atoms with Gasteiger partial charge >= 0.3 is 0 Å². The van der Waals surface area contributed by atoms with E-state index in [9.17, 15) is 27.2 Å². The summed E-state index contributed by atoms with van der Waals surface area (Å²) in [4.78, 5) is 30.2. The molecule has 1 aliphatic carbocycles. The van der Waals surface area contributed by atoms with E-state index in [2.05, 4.69) is 27.5 Å². The summed E-state index contributed by atoms with van der Waals surface area (Å²) in [5.74, 6) is -3.63. The van der Waals surface area contributed by atoms with Crippen LogP contribution in [0.1, 0.15) is 34.7 Å². The molecule has 7 nitrogen and oxygen atoms in total. The second kappa shape index (κ2) is 12.4. The minimum Gasteiger partial charge on any atom is -0.347 e.